The summed E-state index contributed by atoms with van der Waals surface area (Å²) in [7, 11) is 2.00. The van der Waals surface area contributed by atoms with E-state index in [2.05, 4.69) is 4.84 Å². The van der Waals surface area contributed by atoms with Crippen molar-refractivity contribution in [2.75, 3.05) is 14.2 Å². The molecule has 0 bridgehead atoms. The Bertz CT molecular complexity index is 45.0. The molecule has 0 rings (SSSR count). The number of aliphatic hydroxyl groups is 1. The first kappa shape index (κ1) is 9.48. The summed E-state index contributed by atoms with van der Waals surface area (Å²) in [6.45, 7) is 0. The molecule has 7 heavy (non-hydrogen) atoms. The van der Waals surface area contributed by atoms with Gasteiger partial charge in [-0.3, -0.25) is 0 Å². The topological polar surface area (TPSA) is 72.6 Å². The van der Waals surface area contributed by atoms with Crippen LogP contribution < -0.4 is 0 Å². The fourth-order valence-corrected chi connectivity index (χ4v) is 0. The van der Waals surface area contributed by atoms with E-state index in [1.54, 1.807) is 0 Å². The maximum Gasteiger partial charge on any atom is 0.294 e. The Morgan fingerprint density at radius 1 is 1.71 bits per heavy atom. The minimum atomic E-state index is -0.875. The highest BCUT2D eigenvalue weighted by Crippen LogP contribution is 1.57. The summed E-state index contributed by atoms with van der Waals surface area (Å²) in [6, 6.07) is 0. The average Bonchev–Trinajstić information content (AvgIpc) is 1.73. The van der Waals surface area contributed by atoms with Gasteiger partial charge in [0, 0.05) is 7.11 Å². The number of nitrogens with zero attached hydrogens (tertiary/aromatic N) is 1. The van der Waals surface area contributed by atoms with E-state index in [9.17, 15) is 0 Å². The summed E-state index contributed by atoms with van der Waals surface area (Å²) in [4.78, 5) is 12.4. The minimum Gasteiger partial charge on any atom is -0.400 e. The van der Waals surface area contributed by atoms with Crippen molar-refractivity contribution in [3.63, 3.8) is 0 Å². The minimum absolute atomic E-state index is 0.875. The third-order valence-electron chi connectivity index (χ3n) is 0.149. The Morgan fingerprint density at radius 2 is 1.86 bits per heavy atom. The number of rotatable bonds is 1. The van der Waals surface area contributed by atoms with Crippen molar-refractivity contribution in [2.24, 2.45) is 0 Å². The first-order valence-electron chi connectivity index (χ1n) is 1.40. The first-order valence-corrected chi connectivity index (χ1v) is 1.40. The van der Waals surface area contributed by atoms with Gasteiger partial charge in [-0.25, -0.2) is 0 Å². The fraction of sp³-hybridized carbons (Fsp3) is 1.00. The molecule has 5 heteroatoms. The van der Waals surface area contributed by atoms with E-state index >= 15 is 0 Å². The molecule has 5 nitrogen and oxygen atoms in total. The van der Waals surface area contributed by atoms with Crippen molar-refractivity contribution in [1.82, 2.24) is 0 Å². The maximum atomic E-state index is 8.95. The van der Waals surface area contributed by atoms with Crippen LogP contribution in [0.25, 0.3) is 0 Å². The van der Waals surface area contributed by atoms with Crippen LogP contribution in [0.4, 0.5) is 0 Å². The Labute approximate surface area is 40.6 Å². The van der Waals surface area contributed by atoms with Crippen molar-refractivity contribution < 1.29 is 15.0 Å². The van der Waals surface area contributed by atoms with Gasteiger partial charge < -0.3 is 9.94 Å². The molecule has 0 aromatic carbocycles. The molecule has 1 N–H and O–H groups in total. The molecule has 0 spiro atoms. The molecule has 0 amide bonds. The van der Waals surface area contributed by atoms with E-state index in [1.165, 1.54) is 0 Å². The van der Waals surface area contributed by atoms with E-state index in [4.69, 9.17) is 15.2 Å². The number of hydrogen-bond donors (Lipinski definition) is 1. The van der Waals surface area contributed by atoms with Crippen LogP contribution >= 0.6 is 0 Å². The summed E-state index contributed by atoms with van der Waals surface area (Å²) in [5, 5.41) is 15.1. The van der Waals surface area contributed by atoms with Gasteiger partial charge in [0.25, 0.3) is 5.09 Å². The van der Waals surface area contributed by atoms with Crippen molar-refractivity contribution in [1.29, 1.82) is 0 Å². The molecule has 0 saturated carbocycles. The Hall–Kier alpha value is -0.840. The first-order chi connectivity index (χ1) is 3.27. The predicted molar refractivity (Wildman–Crippen MR) is 22.1 cm³/mol. The third-order valence-corrected chi connectivity index (χ3v) is 0.149. The highest BCUT2D eigenvalue weighted by molar-refractivity contribution is 3.86. The second-order valence-corrected chi connectivity index (χ2v) is 0.406. The second kappa shape index (κ2) is 8.94. The average molecular weight is 109 g/mol. The Kier molecular flexibility index (Phi) is 12.1. The Balaban J connectivity index is 0. The molecule has 0 radical (unpaired) electrons. The molecule has 44 valence electrons. The lowest BCUT2D eigenvalue weighted by atomic mass is 11.7. The quantitative estimate of drug-likeness (QED) is 0.361. The van der Waals surface area contributed by atoms with Gasteiger partial charge in [0.15, 0.2) is 0 Å². The highest BCUT2D eigenvalue weighted by atomic mass is 16.9. The monoisotopic (exact) mass is 109 g/mol. The van der Waals surface area contributed by atoms with Gasteiger partial charge in [-0.15, -0.1) is 10.1 Å². The lowest BCUT2D eigenvalue weighted by Crippen LogP contribution is -1.91. The van der Waals surface area contributed by atoms with Crippen LogP contribution in [0.1, 0.15) is 0 Å². The molecular formula is C2H7NO4. The molecule has 0 aromatic heterocycles. The molecule has 0 heterocycles. The fourth-order valence-electron chi connectivity index (χ4n) is 0. The molecule has 0 atom stereocenters. The van der Waals surface area contributed by atoms with Crippen LogP contribution in [-0.4, -0.2) is 24.4 Å². The van der Waals surface area contributed by atoms with E-state index in [1.807, 2.05) is 0 Å². The normalized spacial score (nSPS) is 5.57. The van der Waals surface area contributed by atoms with E-state index in [-0.39, 0.29) is 0 Å². The van der Waals surface area contributed by atoms with Gasteiger partial charge in [0.05, 0.1) is 7.11 Å². The zero-order chi connectivity index (χ0) is 6.28. The van der Waals surface area contributed by atoms with Crippen LogP contribution in [-0.2, 0) is 4.84 Å². The molecule has 0 aliphatic carbocycles. The lowest BCUT2D eigenvalue weighted by molar-refractivity contribution is -0.749. The molecule has 0 unspecified atom stereocenters. The molecule has 0 aliphatic heterocycles. The van der Waals surface area contributed by atoms with E-state index < -0.39 is 5.09 Å². The van der Waals surface area contributed by atoms with E-state index in [0.29, 0.717) is 0 Å². The molecule has 0 saturated heterocycles. The Morgan fingerprint density at radius 3 is 1.86 bits per heavy atom. The summed E-state index contributed by atoms with van der Waals surface area (Å²) in [6.07, 6.45) is 0. The molecule has 0 aromatic rings. The SMILES string of the molecule is CO.CO[N+](=O)[O-]. The summed E-state index contributed by atoms with van der Waals surface area (Å²) < 4.78 is 0. The lowest BCUT2D eigenvalue weighted by Gasteiger charge is -1.75. The number of aliphatic hydroxyl groups excluding tert-OH is 1. The van der Waals surface area contributed by atoms with Crippen LogP contribution in [0.15, 0.2) is 0 Å². The standard InChI is InChI=1S/CH3NO3.CH4O/c1-5-2(3)4;1-2/h1H3;2H,1H3. The van der Waals surface area contributed by atoms with E-state index in [0.717, 1.165) is 14.2 Å². The van der Waals surface area contributed by atoms with Crippen molar-refractivity contribution in [3.05, 3.63) is 10.1 Å². The van der Waals surface area contributed by atoms with Crippen molar-refractivity contribution >= 4 is 0 Å². The third kappa shape index (κ3) is 38.3. The molecule has 0 fully saturated rings. The predicted octanol–water partition coefficient (Wildman–Crippen LogP) is -0.567. The second-order valence-electron chi connectivity index (χ2n) is 0.406. The summed E-state index contributed by atoms with van der Waals surface area (Å²) in [5.41, 5.74) is 0. The van der Waals surface area contributed by atoms with Crippen molar-refractivity contribution in [2.45, 2.75) is 0 Å². The largest absolute Gasteiger partial charge is 0.400 e. The maximum absolute atomic E-state index is 8.95. The molecular weight excluding hydrogens is 102 g/mol. The zero-order valence-corrected chi connectivity index (χ0v) is 4.12. The van der Waals surface area contributed by atoms with Gasteiger partial charge in [0.2, 0.25) is 0 Å². The van der Waals surface area contributed by atoms with Gasteiger partial charge >= 0.3 is 0 Å². The van der Waals surface area contributed by atoms with Crippen molar-refractivity contribution in [3.8, 4) is 0 Å². The smallest absolute Gasteiger partial charge is 0.294 e. The zero-order valence-electron chi connectivity index (χ0n) is 4.12. The number of hydrogen-bond acceptors (Lipinski definition) is 4. The summed E-state index contributed by atoms with van der Waals surface area (Å²) in [5.74, 6) is 0. The van der Waals surface area contributed by atoms with Gasteiger partial charge in [-0.1, -0.05) is 0 Å². The van der Waals surface area contributed by atoms with Gasteiger partial charge in [-0.05, 0) is 0 Å². The van der Waals surface area contributed by atoms with Gasteiger partial charge in [-0.2, -0.15) is 0 Å². The van der Waals surface area contributed by atoms with Crippen LogP contribution in [0.5, 0.6) is 0 Å². The molecule has 0 aliphatic rings. The summed E-state index contributed by atoms with van der Waals surface area (Å²) >= 11 is 0. The van der Waals surface area contributed by atoms with Crippen LogP contribution in [0.2, 0.25) is 0 Å². The van der Waals surface area contributed by atoms with Gasteiger partial charge in [0.1, 0.15) is 0 Å². The van der Waals surface area contributed by atoms with Crippen LogP contribution in [0, 0.1) is 10.1 Å². The van der Waals surface area contributed by atoms with Crippen LogP contribution in [0.3, 0.4) is 0 Å². The highest BCUT2D eigenvalue weighted by Gasteiger charge is 1.77.